The molecule has 0 bridgehead atoms. The number of nitrogens with zero attached hydrogens (tertiary/aromatic N) is 2. The molecular formula is C12H15ClN2O3. The van der Waals surface area contributed by atoms with Crippen LogP contribution in [0.4, 0.5) is 5.69 Å². The van der Waals surface area contributed by atoms with Gasteiger partial charge >= 0.3 is 5.69 Å². The minimum Gasteiger partial charge on any atom is -0.469 e. The molecule has 1 aliphatic carbocycles. The van der Waals surface area contributed by atoms with Crippen LogP contribution in [-0.4, -0.2) is 16.0 Å². The Morgan fingerprint density at radius 1 is 1.39 bits per heavy atom. The summed E-state index contributed by atoms with van der Waals surface area (Å²) in [4.78, 5) is 14.3. The van der Waals surface area contributed by atoms with E-state index in [4.69, 9.17) is 16.3 Å². The molecular weight excluding hydrogens is 256 g/mol. The second kappa shape index (κ2) is 5.52. The molecule has 1 aliphatic rings. The van der Waals surface area contributed by atoms with E-state index in [1.54, 1.807) is 0 Å². The molecule has 0 unspecified atom stereocenters. The fourth-order valence-corrected chi connectivity index (χ4v) is 2.28. The van der Waals surface area contributed by atoms with Gasteiger partial charge in [0.15, 0.2) is 0 Å². The molecule has 0 N–H and O–H groups in total. The van der Waals surface area contributed by atoms with E-state index in [9.17, 15) is 10.1 Å². The Bertz CT molecular complexity index is 445. The fourth-order valence-electron chi connectivity index (χ4n) is 2.14. The van der Waals surface area contributed by atoms with Crippen LogP contribution in [0.2, 0.25) is 5.15 Å². The van der Waals surface area contributed by atoms with Gasteiger partial charge in [0.25, 0.3) is 5.88 Å². The molecule has 0 amide bonds. The lowest BCUT2D eigenvalue weighted by Gasteiger charge is -2.26. The molecule has 0 aromatic carbocycles. The van der Waals surface area contributed by atoms with E-state index in [1.807, 2.05) is 0 Å². The third kappa shape index (κ3) is 3.10. The Labute approximate surface area is 110 Å². The van der Waals surface area contributed by atoms with E-state index in [0.717, 1.165) is 25.7 Å². The highest BCUT2D eigenvalue weighted by Crippen LogP contribution is 2.31. The van der Waals surface area contributed by atoms with Gasteiger partial charge in [-0.25, -0.2) is 0 Å². The first-order chi connectivity index (χ1) is 8.56. The molecule has 0 aliphatic heterocycles. The summed E-state index contributed by atoms with van der Waals surface area (Å²) in [7, 11) is 0. The average Bonchev–Trinajstić information content (AvgIpc) is 2.32. The molecule has 0 radical (unpaired) electrons. The number of aromatic nitrogens is 1. The summed E-state index contributed by atoms with van der Waals surface area (Å²) in [5, 5.41) is 11.1. The van der Waals surface area contributed by atoms with Crippen LogP contribution < -0.4 is 4.74 Å². The van der Waals surface area contributed by atoms with Gasteiger partial charge in [-0.15, -0.1) is 0 Å². The van der Waals surface area contributed by atoms with Crippen molar-refractivity contribution in [3.05, 3.63) is 27.4 Å². The Hall–Kier alpha value is -1.36. The van der Waals surface area contributed by atoms with Crippen LogP contribution in [-0.2, 0) is 0 Å². The fraction of sp³-hybridized carbons (Fsp3) is 0.583. The minimum absolute atomic E-state index is 0.00543. The SMILES string of the molecule is CC1CCC(Oc2nc(Cl)ccc2[N+](=O)[O-])CC1. The Balaban J connectivity index is 2.12. The number of hydrogen-bond donors (Lipinski definition) is 0. The van der Waals surface area contributed by atoms with E-state index in [0.29, 0.717) is 5.92 Å². The van der Waals surface area contributed by atoms with Crippen molar-refractivity contribution >= 4 is 17.3 Å². The largest absolute Gasteiger partial charge is 0.469 e. The third-order valence-corrected chi connectivity index (χ3v) is 3.45. The molecule has 1 aromatic rings. The van der Waals surface area contributed by atoms with Gasteiger partial charge in [-0.3, -0.25) is 10.1 Å². The van der Waals surface area contributed by atoms with Gasteiger partial charge < -0.3 is 4.74 Å². The topological polar surface area (TPSA) is 65.3 Å². The monoisotopic (exact) mass is 270 g/mol. The lowest BCUT2D eigenvalue weighted by Crippen LogP contribution is -2.23. The van der Waals surface area contributed by atoms with Crippen molar-refractivity contribution in [1.29, 1.82) is 0 Å². The molecule has 5 nitrogen and oxygen atoms in total. The highest BCUT2D eigenvalue weighted by molar-refractivity contribution is 6.29. The number of halogens is 1. The predicted octanol–water partition coefficient (Wildman–Crippen LogP) is 3.60. The van der Waals surface area contributed by atoms with Gasteiger partial charge in [0.05, 0.1) is 4.92 Å². The maximum Gasteiger partial charge on any atom is 0.331 e. The minimum atomic E-state index is -0.496. The molecule has 6 heteroatoms. The second-order valence-electron chi connectivity index (χ2n) is 4.72. The summed E-state index contributed by atoms with van der Waals surface area (Å²) >= 11 is 5.75. The normalized spacial score (nSPS) is 23.7. The molecule has 98 valence electrons. The Morgan fingerprint density at radius 3 is 2.67 bits per heavy atom. The lowest BCUT2D eigenvalue weighted by molar-refractivity contribution is -0.386. The first-order valence-electron chi connectivity index (χ1n) is 6.04. The molecule has 2 rings (SSSR count). The molecule has 1 fully saturated rings. The quantitative estimate of drug-likeness (QED) is 0.478. The van der Waals surface area contributed by atoms with Crippen molar-refractivity contribution in [2.24, 2.45) is 5.92 Å². The first-order valence-corrected chi connectivity index (χ1v) is 6.41. The van der Waals surface area contributed by atoms with Gasteiger partial charge in [0.1, 0.15) is 11.3 Å². The zero-order chi connectivity index (χ0) is 13.1. The number of ether oxygens (including phenoxy) is 1. The Morgan fingerprint density at radius 2 is 2.06 bits per heavy atom. The van der Waals surface area contributed by atoms with E-state index >= 15 is 0 Å². The zero-order valence-corrected chi connectivity index (χ0v) is 10.9. The zero-order valence-electron chi connectivity index (χ0n) is 10.1. The van der Waals surface area contributed by atoms with Gasteiger partial charge in [-0.1, -0.05) is 18.5 Å². The molecule has 0 saturated heterocycles. The molecule has 18 heavy (non-hydrogen) atoms. The van der Waals surface area contributed by atoms with Crippen molar-refractivity contribution in [2.75, 3.05) is 0 Å². The molecule has 1 aromatic heterocycles. The van der Waals surface area contributed by atoms with E-state index in [1.165, 1.54) is 12.1 Å². The van der Waals surface area contributed by atoms with Crippen LogP contribution >= 0.6 is 11.6 Å². The van der Waals surface area contributed by atoms with Crippen LogP contribution in [0.3, 0.4) is 0 Å². The highest BCUT2D eigenvalue weighted by atomic mass is 35.5. The first kappa shape index (κ1) is 13.1. The summed E-state index contributed by atoms with van der Waals surface area (Å²) in [5.74, 6) is 0.735. The van der Waals surface area contributed by atoms with Gasteiger partial charge in [0, 0.05) is 6.07 Å². The van der Waals surface area contributed by atoms with Crippen LogP contribution in [0, 0.1) is 16.0 Å². The van der Waals surface area contributed by atoms with Crippen LogP contribution in [0.5, 0.6) is 5.88 Å². The van der Waals surface area contributed by atoms with Crippen molar-refractivity contribution in [3.8, 4) is 5.88 Å². The van der Waals surface area contributed by atoms with Crippen LogP contribution in [0.1, 0.15) is 32.6 Å². The highest BCUT2D eigenvalue weighted by Gasteiger charge is 2.24. The van der Waals surface area contributed by atoms with Crippen LogP contribution in [0.25, 0.3) is 0 Å². The van der Waals surface area contributed by atoms with Gasteiger partial charge in [-0.2, -0.15) is 4.98 Å². The average molecular weight is 271 g/mol. The van der Waals surface area contributed by atoms with Gasteiger partial charge in [-0.05, 0) is 37.7 Å². The maximum absolute atomic E-state index is 10.9. The van der Waals surface area contributed by atoms with Crippen molar-refractivity contribution in [2.45, 2.75) is 38.7 Å². The molecule has 1 heterocycles. The summed E-state index contributed by atoms with van der Waals surface area (Å²) in [6.07, 6.45) is 3.99. The van der Waals surface area contributed by atoms with Crippen molar-refractivity contribution in [1.82, 2.24) is 4.98 Å². The van der Waals surface area contributed by atoms with Crippen molar-refractivity contribution in [3.63, 3.8) is 0 Å². The Kier molecular flexibility index (Phi) is 4.01. The van der Waals surface area contributed by atoms with Crippen LogP contribution in [0.15, 0.2) is 12.1 Å². The smallest absolute Gasteiger partial charge is 0.331 e. The summed E-state index contributed by atoms with van der Waals surface area (Å²) in [6.45, 7) is 2.20. The molecule has 1 saturated carbocycles. The summed E-state index contributed by atoms with van der Waals surface area (Å²) in [5.41, 5.74) is -0.127. The lowest BCUT2D eigenvalue weighted by atomic mass is 9.89. The van der Waals surface area contributed by atoms with E-state index < -0.39 is 4.92 Å². The predicted molar refractivity (Wildman–Crippen MR) is 67.9 cm³/mol. The van der Waals surface area contributed by atoms with Gasteiger partial charge in [0.2, 0.25) is 0 Å². The summed E-state index contributed by atoms with van der Waals surface area (Å²) in [6, 6.07) is 2.73. The molecule has 0 spiro atoms. The third-order valence-electron chi connectivity index (χ3n) is 3.24. The van der Waals surface area contributed by atoms with E-state index in [2.05, 4.69) is 11.9 Å². The number of hydrogen-bond acceptors (Lipinski definition) is 4. The van der Waals surface area contributed by atoms with E-state index in [-0.39, 0.29) is 22.8 Å². The summed E-state index contributed by atoms with van der Waals surface area (Å²) < 4.78 is 5.64. The van der Waals surface area contributed by atoms with Crippen molar-refractivity contribution < 1.29 is 9.66 Å². The molecule has 0 atom stereocenters. The number of pyridine rings is 1. The maximum atomic E-state index is 10.9. The number of rotatable bonds is 3. The second-order valence-corrected chi connectivity index (χ2v) is 5.10. The standard InChI is InChI=1S/C12H15ClN2O3/c1-8-2-4-9(5-3-8)18-12-10(15(16)17)6-7-11(13)14-12/h6-9H,2-5H2,1H3. The number of nitro groups is 1.